The molecule has 0 spiro atoms. The number of ketones is 1. The van der Waals surface area contributed by atoms with E-state index in [0.29, 0.717) is 12.0 Å². The highest BCUT2D eigenvalue weighted by molar-refractivity contribution is 7.89. The number of benzene rings is 1. The number of rotatable bonds is 8. The predicted molar refractivity (Wildman–Crippen MR) is 80.5 cm³/mol. The Labute approximate surface area is 125 Å². The summed E-state index contributed by atoms with van der Waals surface area (Å²) >= 11 is 0. The van der Waals surface area contributed by atoms with E-state index in [1.54, 1.807) is 30.3 Å². The Bertz CT molecular complexity index is 584. The van der Waals surface area contributed by atoms with Gasteiger partial charge in [-0.1, -0.05) is 37.3 Å². The van der Waals surface area contributed by atoms with Gasteiger partial charge in [-0.05, 0) is 6.42 Å². The van der Waals surface area contributed by atoms with Gasteiger partial charge in [0.15, 0.2) is 5.78 Å². The molecule has 6 nitrogen and oxygen atoms in total. The molecule has 1 aromatic carbocycles. The maximum atomic E-state index is 12.3. The van der Waals surface area contributed by atoms with Crippen molar-refractivity contribution < 1.29 is 18.0 Å². The molecule has 1 N–H and O–H groups in total. The number of hydrogen-bond donors (Lipinski definition) is 1. The van der Waals surface area contributed by atoms with Crippen LogP contribution in [0.2, 0.25) is 0 Å². The number of nitrogens with one attached hydrogen (secondary N) is 1. The van der Waals surface area contributed by atoms with Crippen molar-refractivity contribution in [2.75, 3.05) is 25.9 Å². The maximum absolute atomic E-state index is 12.3. The molecule has 21 heavy (non-hydrogen) atoms. The summed E-state index contributed by atoms with van der Waals surface area (Å²) in [5, 5.41) is 2.38. The molecular weight excluding hydrogens is 292 g/mol. The molecule has 1 rings (SSSR count). The van der Waals surface area contributed by atoms with Gasteiger partial charge in [0, 0.05) is 19.2 Å². The number of hydrogen-bond acceptors (Lipinski definition) is 4. The Morgan fingerprint density at radius 3 is 2.33 bits per heavy atom. The van der Waals surface area contributed by atoms with Crippen molar-refractivity contribution >= 4 is 21.7 Å². The van der Waals surface area contributed by atoms with Crippen molar-refractivity contribution in [1.29, 1.82) is 0 Å². The summed E-state index contributed by atoms with van der Waals surface area (Å²) in [7, 11) is -2.38. The van der Waals surface area contributed by atoms with Crippen LogP contribution < -0.4 is 5.32 Å². The molecule has 0 aromatic heterocycles. The highest BCUT2D eigenvalue weighted by atomic mass is 32.2. The van der Waals surface area contributed by atoms with E-state index in [1.807, 2.05) is 6.92 Å². The lowest BCUT2D eigenvalue weighted by atomic mass is 10.2. The van der Waals surface area contributed by atoms with E-state index >= 15 is 0 Å². The molecule has 7 heteroatoms. The Morgan fingerprint density at radius 2 is 1.81 bits per heavy atom. The van der Waals surface area contributed by atoms with Crippen LogP contribution in [0.3, 0.4) is 0 Å². The molecule has 0 bridgehead atoms. The number of carbonyl (C=O) groups is 2. The van der Waals surface area contributed by atoms with Gasteiger partial charge in [-0.25, -0.2) is 8.42 Å². The third-order valence-electron chi connectivity index (χ3n) is 2.87. The Morgan fingerprint density at radius 1 is 1.19 bits per heavy atom. The van der Waals surface area contributed by atoms with Gasteiger partial charge in [-0.3, -0.25) is 9.59 Å². The minimum atomic E-state index is -3.81. The standard InChI is InChI=1S/C14H20N2O4S/c1-3-9-16(10-14(18)15-2)21(19,20)11-13(17)12-7-5-4-6-8-12/h4-8H,3,9-11H2,1-2H3,(H,15,18). The first-order valence-electron chi connectivity index (χ1n) is 6.67. The van der Waals surface area contributed by atoms with Crippen LogP contribution in [0.1, 0.15) is 23.7 Å². The monoisotopic (exact) mass is 312 g/mol. The van der Waals surface area contributed by atoms with Crippen LogP contribution in [0.5, 0.6) is 0 Å². The van der Waals surface area contributed by atoms with Gasteiger partial charge in [0.05, 0.1) is 6.54 Å². The molecule has 0 heterocycles. The number of sulfonamides is 1. The summed E-state index contributed by atoms with van der Waals surface area (Å²) in [6, 6.07) is 8.24. The third kappa shape index (κ3) is 5.28. The summed E-state index contributed by atoms with van der Waals surface area (Å²) in [6.45, 7) is 1.75. The number of carbonyl (C=O) groups excluding carboxylic acids is 2. The SMILES string of the molecule is CCCN(CC(=O)NC)S(=O)(=O)CC(=O)c1ccccc1. The van der Waals surface area contributed by atoms with Crippen LogP contribution in [-0.2, 0) is 14.8 Å². The lowest BCUT2D eigenvalue weighted by molar-refractivity contribution is -0.120. The number of amides is 1. The van der Waals surface area contributed by atoms with Crippen molar-refractivity contribution in [1.82, 2.24) is 9.62 Å². The molecule has 0 saturated heterocycles. The van der Waals surface area contributed by atoms with Gasteiger partial charge in [0.1, 0.15) is 5.75 Å². The van der Waals surface area contributed by atoms with E-state index in [-0.39, 0.29) is 13.1 Å². The average Bonchev–Trinajstić information content (AvgIpc) is 2.47. The zero-order chi connectivity index (χ0) is 15.9. The summed E-state index contributed by atoms with van der Waals surface area (Å²) in [5.41, 5.74) is 0.345. The first-order chi connectivity index (χ1) is 9.90. The van der Waals surface area contributed by atoms with Crippen LogP contribution in [0.25, 0.3) is 0 Å². The lowest BCUT2D eigenvalue weighted by Crippen LogP contribution is -2.42. The average molecular weight is 312 g/mol. The van der Waals surface area contributed by atoms with E-state index in [1.165, 1.54) is 7.05 Å². The smallest absolute Gasteiger partial charge is 0.235 e. The topological polar surface area (TPSA) is 83.6 Å². The van der Waals surface area contributed by atoms with Crippen LogP contribution in [0.4, 0.5) is 0 Å². The Balaban J connectivity index is 2.86. The molecule has 116 valence electrons. The van der Waals surface area contributed by atoms with Gasteiger partial charge in [-0.2, -0.15) is 4.31 Å². The molecular formula is C14H20N2O4S. The van der Waals surface area contributed by atoms with Gasteiger partial charge >= 0.3 is 0 Å². The maximum Gasteiger partial charge on any atom is 0.235 e. The molecule has 0 saturated carbocycles. The van der Waals surface area contributed by atoms with Crippen LogP contribution in [-0.4, -0.2) is 50.3 Å². The molecule has 0 atom stereocenters. The summed E-state index contributed by atoms with van der Waals surface area (Å²) in [4.78, 5) is 23.4. The normalized spacial score (nSPS) is 11.4. The molecule has 0 aliphatic heterocycles. The number of Topliss-reactive ketones (excluding diaryl/α,β-unsaturated/α-hetero) is 1. The van der Waals surface area contributed by atoms with Gasteiger partial charge in [0.25, 0.3) is 0 Å². The third-order valence-corrected chi connectivity index (χ3v) is 4.60. The lowest BCUT2D eigenvalue weighted by Gasteiger charge is -2.20. The first-order valence-corrected chi connectivity index (χ1v) is 8.28. The van der Waals surface area contributed by atoms with Crippen molar-refractivity contribution in [3.05, 3.63) is 35.9 Å². The van der Waals surface area contributed by atoms with Crippen molar-refractivity contribution in [3.8, 4) is 0 Å². The van der Waals surface area contributed by atoms with E-state index in [4.69, 9.17) is 0 Å². The molecule has 1 aromatic rings. The van der Waals surface area contributed by atoms with Gasteiger partial charge in [0.2, 0.25) is 15.9 Å². The van der Waals surface area contributed by atoms with Crippen LogP contribution >= 0.6 is 0 Å². The summed E-state index contributed by atoms with van der Waals surface area (Å²) in [5.74, 6) is -1.51. The minimum absolute atomic E-state index is 0.206. The fourth-order valence-corrected chi connectivity index (χ4v) is 3.22. The molecule has 0 aliphatic rings. The van der Waals surface area contributed by atoms with E-state index in [2.05, 4.69) is 5.32 Å². The van der Waals surface area contributed by atoms with Crippen molar-refractivity contribution in [2.24, 2.45) is 0 Å². The van der Waals surface area contributed by atoms with E-state index < -0.39 is 27.5 Å². The molecule has 0 unspecified atom stereocenters. The highest BCUT2D eigenvalue weighted by Gasteiger charge is 2.26. The second kappa shape index (κ2) is 7.90. The molecule has 0 aliphatic carbocycles. The number of likely N-dealkylation sites (N-methyl/N-ethyl adjacent to an activating group) is 1. The fourth-order valence-electron chi connectivity index (χ4n) is 1.77. The van der Waals surface area contributed by atoms with Crippen molar-refractivity contribution in [3.63, 3.8) is 0 Å². The second-order valence-corrected chi connectivity index (χ2v) is 6.52. The Hall–Kier alpha value is -1.73. The minimum Gasteiger partial charge on any atom is -0.358 e. The zero-order valence-corrected chi connectivity index (χ0v) is 13.0. The predicted octanol–water partition coefficient (Wildman–Crippen LogP) is 0.657. The first kappa shape index (κ1) is 17.3. The van der Waals surface area contributed by atoms with Crippen molar-refractivity contribution in [2.45, 2.75) is 13.3 Å². The van der Waals surface area contributed by atoms with E-state index in [0.717, 1.165) is 4.31 Å². The highest BCUT2D eigenvalue weighted by Crippen LogP contribution is 2.08. The van der Waals surface area contributed by atoms with Gasteiger partial charge in [-0.15, -0.1) is 0 Å². The molecule has 0 radical (unpaired) electrons. The largest absolute Gasteiger partial charge is 0.358 e. The molecule has 0 fully saturated rings. The van der Waals surface area contributed by atoms with Gasteiger partial charge < -0.3 is 5.32 Å². The molecule has 1 amide bonds. The van der Waals surface area contributed by atoms with Crippen LogP contribution in [0, 0.1) is 0 Å². The Kier molecular flexibility index (Phi) is 6.51. The quantitative estimate of drug-likeness (QED) is 0.715. The number of nitrogens with zero attached hydrogens (tertiary/aromatic N) is 1. The summed E-state index contributed by atoms with van der Waals surface area (Å²) < 4.78 is 25.6. The fraction of sp³-hybridized carbons (Fsp3) is 0.429. The summed E-state index contributed by atoms with van der Waals surface area (Å²) in [6.07, 6.45) is 0.565. The second-order valence-electron chi connectivity index (χ2n) is 4.55. The van der Waals surface area contributed by atoms with Crippen LogP contribution in [0.15, 0.2) is 30.3 Å². The zero-order valence-electron chi connectivity index (χ0n) is 12.2. The van der Waals surface area contributed by atoms with E-state index in [9.17, 15) is 18.0 Å².